The van der Waals surface area contributed by atoms with E-state index in [1.54, 1.807) is 0 Å². The monoisotopic (exact) mass is 668 g/mol. The predicted molar refractivity (Wildman–Crippen MR) is 220 cm³/mol. The second-order valence-corrected chi connectivity index (χ2v) is 15.0. The largest absolute Gasteiger partial charge is 0.456 e. The summed E-state index contributed by atoms with van der Waals surface area (Å²) in [5.41, 5.74) is 14.9. The maximum absolute atomic E-state index is 6.55. The Morgan fingerprint density at radius 1 is 0.519 bits per heavy atom. The Bertz CT molecular complexity index is 2850. The molecule has 0 amide bonds. The van der Waals surface area contributed by atoms with E-state index in [4.69, 9.17) is 4.42 Å². The summed E-state index contributed by atoms with van der Waals surface area (Å²) in [5.74, 6) is 0. The summed E-state index contributed by atoms with van der Waals surface area (Å²) in [6, 6.07) is 42.9. The van der Waals surface area contributed by atoms with E-state index in [2.05, 4.69) is 172 Å². The summed E-state index contributed by atoms with van der Waals surface area (Å²) >= 11 is 0. The van der Waals surface area contributed by atoms with Crippen LogP contribution in [0.15, 0.2) is 162 Å². The maximum atomic E-state index is 6.55. The van der Waals surface area contributed by atoms with Gasteiger partial charge in [0.25, 0.3) is 0 Å². The maximum Gasteiger partial charge on any atom is 0.136 e. The van der Waals surface area contributed by atoms with Gasteiger partial charge >= 0.3 is 0 Å². The molecule has 0 unspecified atom stereocenters. The minimum absolute atomic E-state index is 0.154. The third-order valence-corrected chi connectivity index (χ3v) is 11.6. The molecule has 6 aromatic carbocycles. The fraction of sp³-hybridized carbons (Fsp3) is 0.137. The molecule has 0 N–H and O–H groups in total. The van der Waals surface area contributed by atoms with Gasteiger partial charge in [-0.15, -0.1) is 0 Å². The standard InChI is InChI=1S/C51H40O/c1-51(2)47-24-14-12-22-40(47)45-31-42(43-30-44-41-23-13-15-25-48(41)52-49(44)32-46(43)50(45)51)39-19-9-4-3-8-18-36(37-20-10-11-21-38(37)39)35-28-26-34(27-29-35)33-16-6-5-7-17-33/h5-6,8-16,18-32H,3-4,7,17H2,1-2H3/b18-8+,19-9?,37-36+,39-38?. The number of hydrogen-bond acceptors (Lipinski definition) is 1. The average molecular weight is 669 g/mol. The summed E-state index contributed by atoms with van der Waals surface area (Å²) in [5, 5.41) is 7.34. The highest BCUT2D eigenvalue weighted by atomic mass is 16.3. The molecule has 1 aromatic heterocycles. The first-order chi connectivity index (χ1) is 25.6. The smallest absolute Gasteiger partial charge is 0.136 e. The number of allylic oxidation sites excluding steroid dienone is 8. The average Bonchev–Trinajstić information content (AvgIpc) is 3.67. The summed E-state index contributed by atoms with van der Waals surface area (Å²) in [7, 11) is 0. The molecule has 3 aliphatic carbocycles. The molecule has 7 aromatic rings. The van der Waals surface area contributed by atoms with Crippen molar-refractivity contribution < 1.29 is 4.42 Å². The summed E-state index contributed by atoms with van der Waals surface area (Å²) in [4.78, 5) is 0. The SMILES string of the molecule is CC1(C)c2ccccc2-c2cc(C3=c4cccc/c4=C(c4ccc(C5=CC=CCC5)cc4)/C=C/CCC=C3)c3cc4c(cc3c21)oc1ccccc14. The molecule has 250 valence electrons. The van der Waals surface area contributed by atoms with Crippen LogP contribution in [0.25, 0.3) is 60.6 Å². The van der Waals surface area contributed by atoms with E-state index in [0.717, 1.165) is 47.6 Å². The van der Waals surface area contributed by atoms with Crippen molar-refractivity contribution in [1.29, 1.82) is 0 Å². The van der Waals surface area contributed by atoms with Crippen LogP contribution < -0.4 is 10.4 Å². The number of fused-ring (bicyclic) bond motifs is 9. The van der Waals surface area contributed by atoms with Gasteiger partial charge in [-0.3, -0.25) is 0 Å². The van der Waals surface area contributed by atoms with Crippen LogP contribution in [0.5, 0.6) is 0 Å². The van der Waals surface area contributed by atoms with Crippen molar-refractivity contribution in [3.63, 3.8) is 0 Å². The van der Waals surface area contributed by atoms with Crippen molar-refractivity contribution in [3.8, 4) is 11.1 Å². The zero-order valence-electron chi connectivity index (χ0n) is 29.7. The van der Waals surface area contributed by atoms with E-state index in [-0.39, 0.29) is 5.41 Å². The number of benzene rings is 6. The van der Waals surface area contributed by atoms with Gasteiger partial charge in [-0.05, 0) is 127 Å². The molecule has 0 bridgehead atoms. The van der Waals surface area contributed by atoms with Gasteiger partial charge in [0.05, 0.1) is 0 Å². The lowest BCUT2D eigenvalue weighted by atomic mass is 9.78. The number of para-hydroxylation sites is 1. The lowest BCUT2D eigenvalue weighted by Crippen LogP contribution is -2.29. The third kappa shape index (κ3) is 4.83. The molecule has 0 saturated heterocycles. The number of hydrogen-bond donors (Lipinski definition) is 0. The summed E-state index contributed by atoms with van der Waals surface area (Å²) in [6.07, 6.45) is 20.3. The minimum atomic E-state index is -0.154. The van der Waals surface area contributed by atoms with Crippen LogP contribution >= 0.6 is 0 Å². The fourth-order valence-electron chi connectivity index (χ4n) is 9.07. The van der Waals surface area contributed by atoms with Gasteiger partial charge in [-0.1, -0.05) is 147 Å². The second kappa shape index (κ2) is 12.1. The molecule has 1 nitrogen and oxygen atoms in total. The zero-order chi connectivity index (χ0) is 34.8. The Balaban J connectivity index is 1.32. The van der Waals surface area contributed by atoms with E-state index < -0.39 is 0 Å². The van der Waals surface area contributed by atoms with E-state index in [0.29, 0.717) is 0 Å². The van der Waals surface area contributed by atoms with Gasteiger partial charge in [-0.25, -0.2) is 0 Å². The van der Waals surface area contributed by atoms with Crippen LogP contribution in [0.1, 0.15) is 67.3 Å². The first-order valence-corrected chi connectivity index (χ1v) is 18.7. The Kier molecular flexibility index (Phi) is 7.18. The number of rotatable bonds is 3. The fourth-order valence-corrected chi connectivity index (χ4v) is 9.07. The molecule has 0 saturated carbocycles. The highest BCUT2D eigenvalue weighted by Crippen LogP contribution is 2.53. The van der Waals surface area contributed by atoms with E-state index in [9.17, 15) is 0 Å². The molecule has 1 heterocycles. The zero-order valence-corrected chi connectivity index (χ0v) is 29.7. The van der Waals surface area contributed by atoms with Crippen molar-refractivity contribution in [3.05, 3.63) is 196 Å². The van der Waals surface area contributed by atoms with Crippen LogP contribution in [-0.2, 0) is 5.41 Å². The highest BCUT2D eigenvalue weighted by Gasteiger charge is 2.37. The molecular weight excluding hydrogens is 629 g/mol. The van der Waals surface area contributed by atoms with Gasteiger partial charge in [0.15, 0.2) is 0 Å². The first kappa shape index (κ1) is 30.9. The van der Waals surface area contributed by atoms with Gasteiger partial charge in [0.2, 0.25) is 0 Å². The Morgan fingerprint density at radius 3 is 2.04 bits per heavy atom. The highest BCUT2D eigenvalue weighted by molar-refractivity contribution is 6.14. The first-order valence-electron chi connectivity index (χ1n) is 18.7. The molecular formula is C51H40O. The van der Waals surface area contributed by atoms with Crippen LogP contribution in [-0.4, -0.2) is 0 Å². The van der Waals surface area contributed by atoms with Crippen molar-refractivity contribution in [1.82, 2.24) is 0 Å². The van der Waals surface area contributed by atoms with Gasteiger partial charge < -0.3 is 4.42 Å². The van der Waals surface area contributed by atoms with Gasteiger partial charge in [0.1, 0.15) is 11.2 Å². The van der Waals surface area contributed by atoms with E-state index in [1.165, 1.54) is 76.9 Å². The Morgan fingerprint density at radius 2 is 1.23 bits per heavy atom. The van der Waals surface area contributed by atoms with Crippen LogP contribution in [0.3, 0.4) is 0 Å². The van der Waals surface area contributed by atoms with Crippen molar-refractivity contribution in [2.75, 3.05) is 0 Å². The molecule has 52 heavy (non-hydrogen) atoms. The molecule has 0 aliphatic heterocycles. The molecule has 0 spiro atoms. The van der Waals surface area contributed by atoms with E-state index >= 15 is 0 Å². The molecule has 1 heteroatoms. The van der Waals surface area contributed by atoms with Crippen molar-refractivity contribution in [2.45, 2.75) is 44.9 Å². The summed E-state index contributed by atoms with van der Waals surface area (Å²) in [6.45, 7) is 4.76. The predicted octanol–water partition coefficient (Wildman–Crippen LogP) is 12.1. The van der Waals surface area contributed by atoms with Crippen molar-refractivity contribution >= 4 is 49.4 Å². The van der Waals surface area contributed by atoms with Crippen LogP contribution in [0.2, 0.25) is 0 Å². The number of furan rings is 1. The van der Waals surface area contributed by atoms with Crippen LogP contribution in [0.4, 0.5) is 0 Å². The topological polar surface area (TPSA) is 13.1 Å². The minimum Gasteiger partial charge on any atom is -0.456 e. The van der Waals surface area contributed by atoms with E-state index in [1.807, 2.05) is 0 Å². The van der Waals surface area contributed by atoms with Crippen LogP contribution in [0, 0.1) is 0 Å². The molecule has 3 aliphatic rings. The van der Waals surface area contributed by atoms with Gasteiger partial charge in [0, 0.05) is 16.2 Å². The normalized spacial score (nSPS) is 18.0. The molecule has 10 rings (SSSR count). The third-order valence-electron chi connectivity index (χ3n) is 11.6. The second-order valence-electron chi connectivity index (χ2n) is 15.0. The molecule has 0 fully saturated rings. The molecule has 0 radical (unpaired) electrons. The van der Waals surface area contributed by atoms with Gasteiger partial charge in [-0.2, -0.15) is 0 Å². The Labute approximate surface area is 304 Å². The lowest BCUT2D eigenvalue weighted by Gasteiger charge is -2.24. The molecule has 0 atom stereocenters. The quantitative estimate of drug-likeness (QED) is 0.183. The Hall–Kier alpha value is -5.92. The summed E-state index contributed by atoms with van der Waals surface area (Å²) < 4.78 is 6.55. The lowest BCUT2D eigenvalue weighted by molar-refractivity contribution is 0.663. The van der Waals surface area contributed by atoms with Crippen molar-refractivity contribution in [2.24, 2.45) is 0 Å².